The van der Waals surface area contributed by atoms with Crippen molar-refractivity contribution in [3.05, 3.63) is 0 Å². The third-order valence-electron chi connectivity index (χ3n) is 8.08. The van der Waals surface area contributed by atoms with E-state index in [1.807, 2.05) is 6.92 Å². The molecule has 0 N–H and O–H groups in total. The molecular formula is C25H46N2O4. The van der Waals surface area contributed by atoms with Gasteiger partial charge in [0.15, 0.2) is 5.92 Å². The normalized spacial score (nSPS) is 26.6. The first-order valence-electron chi connectivity index (χ1n) is 11.8. The highest BCUT2D eigenvalue weighted by Crippen LogP contribution is 2.40. The van der Waals surface area contributed by atoms with Crippen molar-refractivity contribution in [1.82, 2.24) is 9.80 Å². The zero-order valence-electron chi connectivity index (χ0n) is 21.8. The summed E-state index contributed by atoms with van der Waals surface area (Å²) in [6, 6.07) is 0. The minimum Gasteiger partial charge on any atom is -0.462 e. The van der Waals surface area contributed by atoms with Crippen molar-refractivity contribution in [3.8, 4) is 0 Å². The van der Waals surface area contributed by atoms with Crippen LogP contribution in [-0.2, 0) is 19.1 Å². The molecule has 0 amide bonds. The van der Waals surface area contributed by atoms with Gasteiger partial charge in [-0.25, -0.2) is 0 Å². The van der Waals surface area contributed by atoms with Crippen LogP contribution in [-0.4, -0.2) is 70.2 Å². The molecule has 0 aliphatic carbocycles. The lowest BCUT2D eigenvalue weighted by atomic mass is 9.78. The Balaban J connectivity index is 2.05. The van der Waals surface area contributed by atoms with Crippen molar-refractivity contribution in [2.75, 3.05) is 14.1 Å². The number of nitrogens with zero attached hydrogens (tertiary/aromatic N) is 2. The van der Waals surface area contributed by atoms with Gasteiger partial charge in [0.1, 0.15) is 12.2 Å². The molecule has 2 aliphatic rings. The minimum absolute atomic E-state index is 0.0831. The second-order valence-corrected chi connectivity index (χ2v) is 12.3. The maximum Gasteiger partial charge on any atom is 0.320 e. The number of carbonyl (C=O) groups is 2. The van der Waals surface area contributed by atoms with Gasteiger partial charge in [-0.3, -0.25) is 19.4 Å². The molecule has 0 saturated carbocycles. The molecule has 2 fully saturated rings. The SMILES string of the molecule is CCC(C(=O)OC1CC(C)(C)N(C)C(C)(C)C1)C(=O)OC1CC(C)(C)N(C)C(C)(C)C1. The van der Waals surface area contributed by atoms with Crippen LogP contribution >= 0.6 is 0 Å². The number of rotatable bonds is 5. The average Bonchev–Trinajstić information content (AvgIpc) is 2.57. The van der Waals surface area contributed by atoms with Crippen molar-refractivity contribution in [3.63, 3.8) is 0 Å². The number of ether oxygens (including phenoxy) is 2. The molecule has 2 rings (SSSR count). The highest BCUT2D eigenvalue weighted by atomic mass is 16.6. The van der Waals surface area contributed by atoms with Crippen LogP contribution in [0.4, 0.5) is 0 Å². The Morgan fingerprint density at radius 3 is 1.19 bits per heavy atom. The van der Waals surface area contributed by atoms with Gasteiger partial charge in [-0.15, -0.1) is 0 Å². The van der Waals surface area contributed by atoms with Crippen LogP contribution in [0, 0.1) is 5.92 Å². The quantitative estimate of drug-likeness (QED) is 0.468. The molecule has 2 heterocycles. The summed E-state index contributed by atoms with van der Waals surface area (Å²) in [5.74, 6) is -1.75. The smallest absolute Gasteiger partial charge is 0.320 e. The highest BCUT2D eigenvalue weighted by molar-refractivity contribution is 5.95. The van der Waals surface area contributed by atoms with Crippen LogP contribution in [0.5, 0.6) is 0 Å². The van der Waals surface area contributed by atoms with Gasteiger partial charge in [-0.1, -0.05) is 6.92 Å². The van der Waals surface area contributed by atoms with Crippen LogP contribution in [0.15, 0.2) is 0 Å². The Hall–Kier alpha value is -1.14. The zero-order valence-corrected chi connectivity index (χ0v) is 21.8. The van der Waals surface area contributed by atoms with E-state index < -0.39 is 17.9 Å². The van der Waals surface area contributed by atoms with Crippen LogP contribution < -0.4 is 0 Å². The Morgan fingerprint density at radius 2 is 0.968 bits per heavy atom. The first-order chi connectivity index (χ1) is 13.9. The third-order valence-corrected chi connectivity index (χ3v) is 8.08. The van der Waals surface area contributed by atoms with Crippen LogP contribution in [0.25, 0.3) is 0 Å². The Bertz CT molecular complexity index is 591. The summed E-state index contributed by atoms with van der Waals surface area (Å²) < 4.78 is 11.8. The van der Waals surface area contributed by atoms with E-state index in [2.05, 4.69) is 79.3 Å². The van der Waals surface area contributed by atoms with Gasteiger partial charge in [0.25, 0.3) is 0 Å². The van der Waals surface area contributed by atoms with E-state index in [9.17, 15) is 9.59 Å². The molecule has 6 nitrogen and oxygen atoms in total. The van der Waals surface area contributed by atoms with Crippen LogP contribution in [0.1, 0.15) is 94.4 Å². The summed E-state index contributed by atoms with van der Waals surface area (Å²) in [6.07, 6.45) is 3.00. The largest absolute Gasteiger partial charge is 0.462 e. The number of hydrogen-bond donors (Lipinski definition) is 0. The first kappa shape index (κ1) is 26.1. The number of carbonyl (C=O) groups excluding carboxylic acids is 2. The summed E-state index contributed by atoms with van der Waals surface area (Å²) in [5.41, 5.74) is -0.333. The second kappa shape index (κ2) is 8.66. The standard InChI is InChI=1S/C25H46N2O4/c1-12-19(20(28)30-17-13-22(2,3)26(10)23(4,5)14-17)21(29)31-18-15-24(6,7)27(11)25(8,9)16-18/h17-19H,12-16H2,1-11H3. The van der Waals surface area contributed by atoms with Crippen molar-refractivity contribution in [1.29, 1.82) is 0 Å². The van der Waals surface area contributed by atoms with Crippen LogP contribution in [0.3, 0.4) is 0 Å². The molecule has 180 valence electrons. The Kier molecular flexibility index (Phi) is 7.30. The number of piperidine rings is 2. The van der Waals surface area contributed by atoms with Gasteiger partial charge in [0.2, 0.25) is 0 Å². The van der Waals surface area contributed by atoms with Crippen molar-refractivity contribution < 1.29 is 19.1 Å². The maximum absolute atomic E-state index is 13.0. The molecule has 31 heavy (non-hydrogen) atoms. The van der Waals surface area contributed by atoms with E-state index in [4.69, 9.17) is 9.47 Å². The first-order valence-corrected chi connectivity index (χ1v) is 11.8. The molecule has 0 spiro atoms. The number of esters is 2. The molecule has 0 unspecified atom stereocenters. The van der Waals surface area contributed by atoms with E-state index >= 15 is 0 Å². The van der Waals surface area contributed by atoms with E-state index in [0.717, 1.165) is 25.7 Å². The molecule has 0 bridgehead atoms. The number of hydrogen-bond acceptors (Lipinski definition) is 6. The highest BCUT2D eigenvalue weighted by Gasteiger charge is 2.47. The van der Waals surface area contributed by atoms with Gasteiger partial charge in [0.05, 0.1) is 0 Å². The summed E-state index contributed by atoms with van der Waals surface area (Å²) in [5, 5.41) is 0. The fourth-order valence-corrected chi connectivity index (χ4v) is 5.65. The Morgan fingerprint density at radius 1 is 0.710 bits per heavy atom. The summed E-state index contributed by atoms with van der Waals surface area (Å²) in [4.78, 5) is 30.7. The molecule has 0 atom stereocenters. The predicted molar refractivity (Wildman–Crippen MR) is 124 cm³/mol. The van der Waals surface area contributed by atoms with Gasteiger partial charge in [-0.2, -0.15) is 0 Å². The van der Waals surface area contributed by atoms with E-state index in [0.29, 0.717) is 6.42 Å². The van der Waals surface area contributed by atoms with E-state index in [-0.39, 0.29) is 34.4 Å². The lowest BCUT2D eigenvalue weighted by molar-refractivity contribution is -0.177. The average molecular weight is 439 g/mol. The third kappa shape index (κ3) is 5.62. The summed E-state index contributed by atoms with van der Waals surface area (Å²) in [6.45, 7) is 19.2. The summed E-state index contributed by atoms with van der Waals surface area (Å²) in [7, 11) is 4.24. The monoisotopic (exact) mass is 438 g/mol. The van der Waals surface area contributed by atoms with Gasteiger partial charge >= 0.3 is 11.9 Å². The predicted octanol–water partition coefficient (Wildman–Crippen LogP) is 4.40. The molecule has 2 aliphatic heterocycles. The van der Waals surface area contributed by atoms with Gasteiger partial charge in [0, 0.05) is 47.8 Å². The topological polar surface area (TPSA) is 59.1 Å². The molecule has 0 radical (unpaired) electrons. The van der Waals surface area contributed by atoms with E-state index in [1.165, 1.54) is 0 Å². The van der Waals surface area contributed by atoms with Crippen LogP contribution in [0.2, 0.25) is 0 Å². The zero-order chi connectivity index (χ0) is 24.0. The lowest BCUT2D eigenvalue weighted by Gasteiger charge is -2.53. The minimum atomic E-state index is -0.864. The molecule has 0 aromatic rings. The molecule has 0 aromatic heterocycles. The van der Waals surface area contributed by atoms with Crippen molar-refractivity contribution in [2.45, 2.75) is 129 Å². The molecule has 6 heteroatoms. The second-order valence-electron chi connectivity index (χ2n) is 12.3. The Labute approximate surface area is 190 Å². The van der Waals surface area contributed by atoms with Gasteiger partial charge < -0.3 is 9.47 Å². The maximum atomic E-state index is 13.0. The van der Waals surface area contributed by atoms with E-state index in [1.54, 1.807) is 0 Å². The fourth-order valence-electron chi connectivity index (χ4n) is 5.65. The molecule has 0 aromatic carbocycles. The fraction of sp³-hybridized carbons (Fsp3) is 0.920. The number of likely N-dealkylation sites (tertiary alicyclic amines) is 2. The van der Waals surface area contributed by atoms with Crippen molar-refractivity contribution in [2.24, 2.45) is 5.92 Å². The lowest BCUT2D eigenvalue weighted by Crippen LogP contribution is -2.60. The van der Waals surface area contributed by atoms with Crippen molar-refractivity contribution >= 4 is 11.9 Å². The molecular weight excluding hydrogens is 392 g/mol. The van der Waals surface area contributed by atoms with Gasteiger partial charge in [-0.05, 0) is 75.9 Å². The molecule has 2 saturated heterocycles. The summed E-state index contributed by atoms with van der Waals surface area (Å²) >= 11 is 0.